The van der Waals surface area contributed by atoms with E-state index in [-0.39, 0.29) is 23.2 Å². The number of hydrogen-bond donors (Lipinski definition) is 4. The summed E-state index contributed by atoms with van der Waals surface area (Å²) in [4.78, 5) is 41.5. The van der Waals surface area contributed by atoms with Crippen LogP contribution in [0.1, 0.15) is 12.8 Å². The van der Waals surface area contributed by atoms with Crippen molar-refractivity contribution in [2.75, 3.05) is 0 Å². The molecule has 0 aliphatic rings. The average Bonchev–Trinajstić information content (AvgIpc) is 2.15. The summed E-state index contributed by atoms with van der Waals surface area (Å²) in [6.07, 6.45) is -1.21. The normalized spacial score (nSPS) is 10.8. The van der Waals surface area contributed by atoms with Gasteiger partial charge in [-0.25, -0.2) is 9.59 Å². The van der Waals surface area contributed by atoms with Gasteiger partial charge in [0, 0.05) is 12.0 Å². The second kappa shape index (κ2) is 10.3. The quantitative estimate of drug-likeness (QED) is 0.254. The van der Waals surface area contributed by atoms with E-state index >= 15 is 0 Å². The molecule has 19 heavy (non-hydrogen) atoms. The molecule has 0 saturated heterocycles. The van der Waals surface area contributed by atoms with Crippen LogP contribution in [0.2, 0.25) is 0 Å². The minimum Gasteiger partial charge on any atom is -0.550 e. The van der Waals surface area contributed by atoms with Gasteiger partial charge in [0.05, 0.1) is 5.97 Å². The molecule has 0 fully saturated rings. The summed E-state index contributed by atoms with van der Waals surface area (Å²) >= 11 is 0. The third kappa shape index (κ3) is 8.97. The standard InChI is InChI=1S/C8H11NO8.Fe.H3N/c10-4(11)2-1-3(6(12)13)9-5(7(14)15)8(16)17;;/h3,5,9H,1-2H2,(H,10,11)(H,12,13)(H,14,15)(H,16,17);;1H3/q;+1;/p-1/t3-;;/m0../s1. The van der Waals surface area contributed by atoms with Crippen LogP contribution in [0.15, 0.2) is 0 Å². The molecule has 0 bridgehead atoms. The van der Waals surface area contributed by atoms with Crippen molar-refractivity contribution in [3.8, 4) is 0 Å². The van der Waals surface area contributed by atoms with Gasteiger partial charge in [0.15, 0.2) is 0 Å². The summed E-state index contributed by atoms with van der Waals surface area (Å²) in [6, 6.07) is -3.86. The van der Waals surface area contributed by atoms with Crippen LogP contribution in [-0.4, -0.2) is 46.2 Å². The molecule has 0 aliphatic carbocycles. The maximum Gasteiger partial charge on any atom is 1.00 e. The van der Waals surface area contributed by atoms with E-state index < -0.39 is 48.8 Å². The Labute approximate surface area is 117 Å². The number of carbonyl (C=O) groups is 4. The first-order valence-electron chi connectivity index (χ1n) is 4.38. The number of hydrogen-bond acceptors (Lipinski definition) is 7. The summed E-state index contributed by atoms with van der Waals surface area (Å²) in [7, 11) is 0. The van der Waals surface area contributed by atoms with E-state index in [0.717, 1.165) is 0 Å². The maximum atomic E-state index is 10.5. The number of nitrogens with one attached hydrogen (secondary N) is 1. The maximum absolute atomic E-state index is 10.5. The first-order valence-corrected chi connectivity index (χ1v) is 4.38. The van der Waals surface area contributed by atoms with Crippen molar-refractivity contribution in [1.82, 2.24) is 11.5 Å². The average molecular weight is 321 g/mol. The van der Waals surface area contributed by atoms with Gasteiger partial charge in [-0.2, -0.15) is 0 Å². The van der Waals surface area contributed by atoms with Crippen molar-refractivity contribution in [2.45, 2.75) is 24.9 Å². The van der Waals surface area contributed by atoms with Gasteiger partial charge in [-0.05, 0) is 12.8 Å². The molecule has 0 heterocycles. The number of aliphatic carboxylic acids is 4. The Bertz CT molecular complexity index is 334. The molecule has 0 amide bonds. The van der Waals surface area contributed by atoms with Gasteiger partial charge in [0.25, 0.3) is 0 Å². The minimum atomic E-state index is -2.15. The van der Waals surface area contributed by atoms with Gasteiger partial charge >= 0.3 is 29.0 Å². The number of carboxylic acid groups (broad SMARTS) is 4. The predicted octanol–water partition coefficient (Wildman–Crippen LogP) is -3.86. The number of carbonyl (C=O) groups excluding carboxylic acids is 2. The van der Waals surface area contributed by atoms with Gasteiger partial charge in [0.1, 0.15) is 0 Å². The monoisotopic (exact) mass is 321 g/mol. The molecule has 0 rings (SSSR count). The summed E-state index contributed by atoms with van der Waals surface area (Å²) < 4.78 is 0. The second-order valence-corrected chi connectivity index (χ2v) is 3.06. The number of quaternary nitrogens is 1. The molecule has 1 atom stereocenters. The summed E-state index contributed by atoms with van der Waals surface area (Å²) in [5.41, 5.74) is 0. The summed E-state index contributed by atoms with van der Waals surface area (Å²) in [5.74, 6) is -6.92. The molecular weight excluding hydrogens is 308 g/mol. The van der Waals surface area contributed by atoms with Crippen LogP contribution >= 0.6 is 0 Å². The Hall–Kier alpha value is -1.68. The topological polar surface area (TPSA) is 203 Å². The van der Waals surface area contributed by atoms with E-state index in [4.69, 9.17) is 10.2 Å². The first kappa shape index (κ1) is 22.5. The Kier molecular flexibility index (Phi) is 12.1. The van der Waals surface area contributed by atoms with Crippen molar-refractivity contribution in [1.29, 1.82) is 0 Å². The summed E-state index contributed by atoms with van der Waals surface area (Å²) in [5, 5.41) is 39.3. The molecule has 10 nitrogen and oxygen atoms in total. The molecule has 0 spiro atoms. The fourth-order valence-electron chi connectivity index (χ4n) is 0.981. The smallest absolute Gasteiger partial charge is 0.550 e. The molecule has 0 aliphatic heterocycles. The number of rotatable bonds is 8. The second-order valence-electron chi connectivity index (χ2n) is 3.06. The first-order chi connectivity index (χ1) is 7.75. The molecular formula is C8H13FeN2O8. The Morgan fingerprint density at radius 3 is 1.74 bits per heavy atom. The fraction of sp³-hybridized carbons (Fsp3) is 0.500. The van der Waals surface area contributed by atoms with E-state index in [2.05, 4.69) is 0 Å². The van der Waals surface area contributed by atoms with Crippen LogP contribution in [0.25, 0.3) is 0 Å². The zero-order valence-electron chi connectivity index (χ0n) is 9.77. The zero-order valence-corrected chi connectivity index (χ0v) is 10.9. The van der Waals surface area contributed by atoms with Gasteiger partial charge in [-0.1, -0.05) is 0 Å². The van der Waals surface area contributed by atoms with E-state index in [1.165, 1.54) is 0 Å². The van der Waals surface area contributed by atoms with E-state index in [1.807, 2.05) is 0 Å². The number of carboxylic acids is 4. The van der Waals surface area contributed by atoms with E-state index in [1.54, 1.807) is 5.32 Å². The van der Waals surface area contributed by atoms with Crippen LogP contribution < -0.4 is 21.7 Å². The van der Waals surface area contributed by atoms with Crippen LogP contribution in [0.5, 0.6) is 0 Å². The van der Waals surface area contributed by atoms with Gasteiger partial charge in [-0.3, -0.25) is 5.32 Å². The van der Waals surface area contributed by atoms with E-state index in [9.17, 15) is 29.4 Å². The van der Waals surface area contributed by atoms with Gasteiger partial charge in [0.2, 0.25) is 6.04 Å². The molecule has 0 saturated carbocycles. The van der Waals surface area contributed by atoms with Crippen molar-refractivity contribution in [3.63, 3.8) is 0 Å². The molecule has 0 aromatic rings. The SMILES string of the molecule is O=C([O-])CC[C@H](NC(C(=O)O)C(=O)O)C(=O)[O-].[Fe+].[NH4+]. The largest absolute Gasteiger partial charge is 1.00 e. The van der Waals surface area contributed by atoms with Crippen molar-refractivity contribution < 1.29 is 56.7 Å². The zero-order chi connectivity index (χ0) is 13.6. The molecule has 0 unspecified atom stereocenters. The molecule has 11 heteroatoms. The van der Waals surface area contributed by atoms with Crippen LogP contribution in [0.3, 0.4) is 0 Å². The Balaban J connectivity index is -0.00000128. The van der Waals surface area contributed by atoms with Crippen LogP contribution in [-0.2, 0) is 36.2 Å². The van der Waals surface area contributed by atoms with E-state index in [0.29, 0.717) is 0 Å². The van der Waals surface area contributed by atoms with Crippen molar-refractivity contribution >= 4 is 23.9 Å². The van der Waals surface area contributed by atoms with Gasteiger partial charge < -0.3 is 36.2 Å². The predicted molar refractivity (Wildman–Crippen MR) is 51.2 cm³/mol. The Morgan fingerprint density at radius 2 is 1.47 bits per heavy atom. The third-order valence-corrected chi connectivity index (χ3v) is 1.78. The molecule has 111 valence electrons. The third-order valence-electron chi connectivity index (χ3n) is 1.78. The fourth-order valence-corrected chi connectivity index (χ4v) is 0.981. The minimum absolute atomic E-state index is 0. The molecule has 0 aromatic heterocycles. The van der Waals surface area contributed by atoms with Crippen molar-refractivity contribution in [3.05, 3.63) is 0 Å². The Morgan fingerprint density at radius 1 is 1.05 bits per heavy atom. The van der Waals surface area contributed by atoms with Crippen molar-refractivity contribution in [2.24, 2.45) is 0 Å². The van der Waals surface area contributed by atoms with Crippen LogP contribution in [0.4, 0.5) is 0 Å². The summed E-state index contributed by atoms with van der Waals surface area (Å²) in [6.45, 7) is 0. The van der Waals surface area contributed by atoms with Gasteiger partial charge in [-0.15, -0.1) is 0 Å². The van der Waals surface area contributed by atoms with Crippen LogP contribution in [0, 0.1) is 0 Å². The molecule has 7 N–H and O–H groups in total. The molecule has 1 radical (unpaired) electrons. The molecule has 0 aromatic carbocycles.